The van der Waals surface area contributed by atoms with Gasteiger partial charge in [-0.25, -0.2) is 0 Å². The fraction of sp³-hybridized carbons (Fsp3) is 0.255. The number of rotatable bonds is 2. The highest BCUT2D eigenvalue weighted by molar-refractivity contribution is 6.62. The van der Waals surface area contributed by atoms with E-state index in [1.54, 1.807) is 0 Å². The minimum absolute atomic E-state index is 0.485. The van der Waals surface area contributed by atoms with Gasteiger partial charge in [-0.05, 0) is 143 Å². The Balaban J connectivity index is 1.33. The topological polar surface area (TPSA) is 36.9 Å². The first-order valence-electron chi connectivity index (χ1n) is 20.4. The number of fused-ring (bicyclic) bond motifs is 17. The predicted octanol–water partition coefficient (Wildman–Crippen LogP) is 10.6. The molecule has 2 saturated heterocycles. The van der Waals surface area contributed by atoms with Crippen LogP contribution in [0.5, 0.6) is 0 Å². The number of hydrogen-bond acceptors (Lipinski definition) is 4. The van der Waals surface area contributed by atoms with Crippen LogP contribution in [0.3, 0.4) is 0 Å². The third kappa shape index (κ3) is 4.62. The average Bonchev–Trinajstić information content (AvgIpc) is 3.69. The Labute approximate surface area is 336 Å². The van der Waals surface area contributed by atoms with Crippen molar-refractivity contribution in [3.8, 4) is 33.4 Å². The maximum Gasteiger partial charge on any atom is 0.494 e. The molecule has 7 aromatic rings. The zero-order chi connectivity index (χ0) is 39.3. The standard InChI is InChI=1S/C51H46B2O4/c1-47(2)48(3,4)55-52(54-47)31-25-27-37-33-17-9-10-18-34(33)38-28-26-32(53-56-49(5,6)50(7,8)57-53)30-44(38)51(43(37)29-31)42-24-16-15-23-41(42)45-39-21-13-11-19-35(39)36-20-12-14-22-40(36)46(45)51/h9-30H,1-8H3. The highest BCUT2D eigenvalue weighted by Gasteiger charge is 2.56. The Morgan fingerprint density at radius 2 is 0.737 bits per heavy atom. The Bertz CT molecular complexity index is 2710. The molecule has 1 spiro atoms. The minimum Gasteiger partial charge on any atom is -0.399 e. The lowest BCUT2D eigenvalue weighted by Crippen LogP contribution is -2.41. The van der Waals surface area contributed by atoms with Crippen molar-refractivity contribution >= 4 is 46.7 Å². The zero-order valence-corrected chi connectivity index (χ0v) is 34.0. The first kappa shape index (κ1) is 35.2. The molecule has 0 bridgehead atoms. The molecule has 4 nitrogen and oxygen atoms in total. The van der Waals surface area contributed by atoms with E-state index in [0.29, 0.717) is 0 Å². The van der Waals surface area contributed by atoms with Crippen LogP contribution in [0.25, 0.3) is 54.9 Å². The van der Waals surface area contributed by atoms with E-state index in [9.17, 15) is 0 Å². The van der Waals surface area contributed by atoms with Crippen LogP contribution in [0.2, 0.25) is 0 Å². The molecule has 0 atom stereocenters. The maximum atomic E-state index is 6.80. The smallest absolute Gasteiger partial charge is 0.399 e. The van der Waals surface area contributed by atoms with Crippen LogP contribution in [0.1, 0.15) is 77.6 Å². The van der Waals surface area contributed by atoms with Gasteiger partial charge in [0.1, 0.15) is 0 Å². The van der Waals surface area contributed by atoms with Gasteiger partial charge in [-0.15, -0.1) is 0 Å². The van der Waals surface area contributed by atoms with Gasteiger partial charge in [0.2, 0.25) is 0 Å². The van der Waals surface area contributed by atoms with E-state index in [2.05, 4.69) is 189 Å². The second-order valence-corrected chi connectivity index (χ2v) is 18.5. The molecule has 280 valence electrons. The lowest BCUT2D eigenvalue weighted by Gasteiger charge is -2.37. The molecule has 6 heteroatoms. The molecule has 2 aliphatic heterocycles. The van der Waals surface area contributed by atoms with Gasteiger partial charge in [0, 0.05) is 0 Å². The summed E-state index contributed by atoms with van der Waals surface area (Å²) in [6.07, 6.45) is 0. The van der Waals surface area contributed by atoms with Crippen LogP contribution in [0, 0.1) is 0 Å². The molecule has 2 aliphatic carbocycles. The van der Waals surface area contributed by atoms with Crippen LogP contribution in [-0.4, -0.2) is 36.6 Å². The molecule has 4 aliphatic rings. The van der Waals surface area contributed by atoms with Gasteiger partial charge in [0.25, 0.3) is 0 Å². The minimum atomic E-state index is -0.765. The van der Waals surface area contributed by atoms with Crippen molar-refractivity contribution in [2.24, 2.45) is 0 Å². The van der Waals surface area contributed by atoms with Gasteiger partial charge in [-0.3, -0.25) is 0 Å². The van der Waals surface area contributed by atoms with Crippen molar-refractivity contribution < 1.29 is 18.6 Å². The molecule has 7 aromatic carbocycles. The largest absolute Gasteiger partial charge is 0.494 e. The van der Waals surface area contributed by atoms with E-state index >= 15 is 0 Å². The van der Waals surface area contributed by atoms with Crippen LogP contribution >= 0.6 is 0 Å². The molecule has 2 fully saturated rings. The van der Waals surface area contributed by atoms with Crippen molar-refractivity contribution in [3.63, 3.8) is 0 Å². The van der Waals surface area contributed by atoms with Gasteiger partial charge in [-0.1, -0.05) is 133 Å². The van der Waals surface area contributed by atoms with Crippen molar-refractivity contribution in [1.82, 2.24) is 0 Å². The molecule has 0 amide bonds. The zero-order valence-electron chi connectivity index (χ0n) is 34.0. The lowest BCUT2D eigenvalue weighted by atomic mass is 9.62. The third-order valence-electron chi connectivity index (χ3n) is 14.4. The predicted molar refractivity (Wildman–Crippen MR) is 235 cm³/mol. The third-order valence-corrected chi connectivity index (χ3v) is 14.4. The molecule has 11 rings (SSSR count). The Hall–Kier alpha value is -4.97. The maximum absolute atomic E-state index is 6.80. The fourth-order valence-electron chi connectivity index (χ4n) is 10.1. The van der Waals surface area contributed by atoms with Crippen LogP contribution in [-0.2, 0) is 24.0 Å². The summed E-state index contributed by atoms with van der Waals surface area (Å²) in [6, 6.07) is 49.8. The Morgan fingerprint density at radius 1 is 0.351 bits per heavy atom. The first-order chi connectivity index (χ1) is 27.2. The van der Waals surface area contributed by atoms with Crippen LogP contribution in [0.4, 0.5) is 0 Å². The highest BCUT2D eigenvalue weighted by atomic mass is 16.7. The fourth-order valence-corrected chi connectivity index (χ4v) is 10.1. The molecule has 0 aromatic heterocycles. The van der Waals surface area contributed by atoms with Gasteiger partial charge < -0.3 is 18.6 Å². The summed E-state index contributed by atoms with van der Waals surface area (Å²) >= 11 is 0. The summed E-state index contributed by atoms with van der Waals surface area (Å²) < 4.78 is 27.2. The quantitative estimate of drug-likeness (QED) is 0.130. The SMILES string of the molecule is CC1(C)OB(c2ccc3c(c2)C2(c4cc(B5OC(C)(C)C(C)(C)O5)ccc4-c4ccccc4-3)c3ccccc3-c3c2c2ccccc2c2ccccc32)OC1(C)C. The summed E-state index contributed by atoms with van der Waals surface area (Å²) in [5, 5.41) is 5.00. The summed E-state index contributed by atoms with van der Waals surface area (Å²) in [5.74, 6) is 0. The van der Waals surface area contributed by atoms with E-state index < -0.39 is 42.1 Å². The average molecular weight is 745 g/mol. The molecule has 0 saturated carbocycles. The van der Waals surface area contributed by atoms with Crippen molar-refractivity contribution in [2.75, 3.05) is 0 Å². The Morgan fingerprint density at radius 3 is 1.23 bits per heavy atom. The second kappa shape index (κ2) is 11.6. The molecular weight excluding hydrogens is 698 g/mol. The molecule has 57 heavy (non-hydrogen) atoms. The summed E-state index contributed by atoms with van der Waals surface area (Å²) in [6.45, 7) is 17.0. The van der Waals surface area contributed by atoms with E-state index in [1.807, 2.05) is 0 Å². The molecule has 0 unspecified atom stereocenters. The second-order valence-electron chi connectivity index (χ2n) is 18.5. The van der Waals surface area contributed by atoms with E-state index in [0.717, 1.165) is 10.9 Å². The monoisotopic (exact) mass is 744 g/mol. The van der Waals surface area contributed by atoms with E-state index in [4.69, 9.17) is 18.6 Å². The molecule has 0 radical (unpaired) electrons. The van der Waals surface area contributed by atoms with Crippen LogP contribution in [0.15, 0.2) is 133 Å². The normalized spacial score (nSPS) is 19.9. The molecular formula is C51H46B2O4. The van der Waals surface area contributed by atoms with E-state index in [1.165, 1.54) is 77.2 Å². The van der Waals surface area contributed by atoms with Crippen molar-refractivity contribution in [1.29, 1.82) is 0 Å². The molecule has 0 N–H and O–H groups in total. The molecule has 2 heterocycles. The summed E-state index contributed by atoms with van der Waals surface area (Å²) in [7, 11) is -1.06. The number of benzene rings is 7. The van der Waals surface area contributed by atoms with Gasteiger partial charge in [0.15, 0.2) is 0 Å². The van der Waals surface area contributed by atoms with Gasteiger partial charge >= 0.3 is 14.2 Å². The summed E-state index contributed by atoms with van der Waals surface area (Å²) in [5.41, 5.74) is 11.6. The lowest BCUT2D eigenvalue weighted by molar-refractivity contribution is 0.00578. The van der Waals surface area contributed by atoms with E-state index in [-0.39, 0.29) is 0 Å². The first-order valence-corrected chi connectivity index (χ1v) is 20.4. The Kier molecular flexibility index (Phi) is 7.15. The van der Waals surface area contributed by atoms with Crippen LogP contribution < -0.4 is 10.9 Å². The summed E-state index contributed by atoms with van der Waals surface area (Å²) in [4.78, 5) is 0. The van der Waals surface area contributed by atoms with Crippen molar-refractivity contribution in [2.45, 2.75) is 83.2 Å². The number of hydrogen-bond donors (Lipinski definition) is 0. The van der Waals surface area contributed by atoms with Gasteiger partial charge in [-0.2, -0.15) is 0 Å². The van der Waals surface area contributed by atoms with Gasteiger partial charge in [0.05, 0.1) is 27.8 Å². The highest BCUT2D eigenvalue weighted by Crippen LogP contribution is 2.64. The van der Waals surface area contributed by atoms with Crippen molar-refractivity contribution in [3.05, 3.63) is 156 Å².